The number of hydrogen-bond acceptors (Lipinski definition) is 5. The molecule has 1 atom stereocenters. The zero-order valence-electron chi connectivity index (χ0n) is 12.2. The molecule has 1 aromatic rings. The second-order valence-corrected chi connectivity index (χ2v) is 5.06. The highest BCUT2D eigenvalue weighted by Gasteiger charge is 2.25. The molecule has 6 nitrogen and oxygen atoms in total. The van der Waals surface area contributed by atoms with Crippen LogP contribution in [0.4, 0.5) is 10.5 Å². The summed E-state index contributed by atoms with van der Waals surface area (Å²) in [6.45, 7) is 5.11. The number of anilines is 1. The maximum absolute atomic E-state index is 11.9. The summed E-state index contributed by atoms with van der Waals surface area (Å²) in [4.78, 5) is 23.4. The van der Waals surface area contributed by atoms with Crippen molar-refractivity contribution in [2.24, 2.45) is 0 Å². The Balaban J connectivity index is 2.88. The highest BCUT2D eigenvalue weighted by atomic mass is 35.5. The average molecular weight is 348 g/mol. The summed E-state index contributed by atoms with van der Waals surface area (Å²) in [5, 5.41) is 2.88. The van der Waals surface area contributed by atoms with Gasteiger partial charge in [-0.1, -0.05) is 29.8 Å². The number of benzene rings is 1. The number of hydrogen-bond donors (Lipinski definition) is 1. The fourth-order valence-corrected chi connectivity index (χ4v) is 1.99. The van der Waals surface area contributed by atoms with E-state index in [1.165, 1.54) is 33.3 Å². The zero-order valence-corrected chi connectivity index (χ0v) is 13.7. The van der Waals surface area contributed by atoms with Crippen molar-refractivity contribution >= 4 is 41.0 Å². The predicted octanol–water partition coefficient (Wildman–Crippen LogP) is 3.67. The number of halogens is 2. The van der Waals surface area contributed by atoms with E-state index in [-0.39, 0.29) is 10.7 Å². The van der Waals surface area contributed by atoms with Crippen molar-refractivity contribution in [2.75, 3.05) is 19.5 Å². The Morgan fingerprint density at radius 1 is 1.23 bits per heavy atom. The topological polar surface area (TPSA) is 73.9 Å². The molecule has 0 radical (unpaired) electrons. The minimum Gasteiger partial charge on any atom is -0.495 e. The highest BCUT2D eigenvalue weighted by molar-refractivity contribution is 6.37. The van der Waals surface area contributed by atoms with E-state index >= 15 is 0 Å². The van der Waals surface area contributed by atoms with Crippen molar-refractivity contribution in [3.05, 3.63) is 34.3 Å². The monoisotopic (exact) mass is 347 g/mol. The Morgan fingerprint density at radius 3 is 2.36 bits per heavy atom. The van der Waals surface area contributed by atoms with Crippen LogP contribution in [-0.4, -0.2) is 32.4 Å². The smallest absolute Gasteiger partial charge is 0.412 e. The molecule has 0 saturated heterocycles. The van der Waals surface area contributed by atoms with E-state index in [2.05, 4.69) is 16.6 Å². The molecular weight excluding hydrogens is 333 g/mol. The Hall–Kier alpha value is -1.92. The molecule has 0 aliphatic rings. The average Bonchev–Trinajstić information content (AvgIpc) is 2.46. The maximum atomic E-state index is 11.9. The molecule has 22 heavy (non-hydrogen) atoms. The van der Waals surface area contributed by atoms with Gasteiger partial charge in [0.05, 0.1) is 30.0 Å². The van der Waals surface area contributed by atoms with E-state index in [0.29, 0.717) is 16.3 Å². The second-order valence-electron chi connectivity index (χ2n) is 4.25. The van der Waals surface area contributed by atoms with Crippen LogP contribution in [-0.2, 0) is 14.3 Å². The van der Waals surface area contributed by atoms with E-state index in [9.17, 15) is 9.59 Å². The summed E-state index contributed by atoms with van der Waals surface area (Å²) in [7, 11) is 2.60. The van der Waals surface area contributed by atoms with Gasteiger partial charge in [-0.3, -0.25) is 5.32 Å². The summed E-state index contributed by atoms with van der Waals surface area (Å²) in [6, 6.07) is 2.84. The Bertz CT molecular complexity index is 603. The first-order chi connectivity index (χ1) is 10.3. The van der Waals surface area contributed by atoms with Gasteiger partial charge >= 0.3 is 12.1 Å². The van der Waals surface area contributed by atoms with Crippen LogP contribution in [0.3, 0.4) is 0 Å². The van der Waals surface area contributed by atoms with Crippen LogP contribution < -0.4 is 10.1 Å². The SMILES string of the molecule is C=C(C)C(OC(=O)Nc1cc(OC)c(Cl)cc1Cl)C(=O)OC. The number of carbonyl (C=O) groups excluding carboxylic acids is 2. The van der Waals surface area contributed by atoms with E-state index in [0.717, 1.165) is 0 Å². The molecule has 1 N–H and O–H groups in total. The van der Waals surface area contributed by atoms with Crippen molar-refractivity contribution in [3.8, 4) is 5.75 Å². The van der Waals surface area contributed by atoms with Gasteiger partial charge in [0.15, 0.2) is 0 Å². The van der Waals surface area contributed by atoms with Gasteiger partial charge in [0.1, 0.15) is 5.75 Å². The van der Waals surface area contributed by atoms with Gasteiger partial charge in [-0.05, 0) is 18.6 Å². The molecule has 8 heteroatoms. The quantitative estimate of drug-likeness (QED) is 0.649. The lowest BCUT2D eigenvalue weighted by molar-refractivity contribution is -0.148. The Kier molecular flexibility index (Phi) is 6.52. The normalized spacial score (nSPS) is 11.3. The van der Waals surface area contributed by atoms with Crippen LogP contribution in [0.15, 0.2) is 24.3 Å². The first-order valence-corrected chi connectivity index (χ1v) is 6.79. The number of carbonyl (C=O) groups is 2. The lowest BCUT2D eigenvalue weighted by atomic mass is 10.2. The van der Waals surface area contributed by atoms with E-state index in [1.807, 2.05) is 0 Å². The number of rotatable bonds is 5. The summed E-state index contributed by atoms with van der Waals surface area (Å²) in [6.07, 6.45) is -2.11. The standard InChI is InChI=1S/C14H15Cl2NO5/c1-7(2)12(13(18)21-4)22-14(19)17-10-6-11(20-3)9(16)5-8(10)15/h5-6,12H,1H2,2-4H3,(H,17,19). The first kappa shape index (κ1) is 18.1. The minimum absolute atomic E-state index is 0.188. The molecular formula is C14H15Cl2NO5. The summed E-state index contributed by atoms with van der Waals surface area (Å²) >= 11 is 11.9. The zero-order chi connectivity index (χ0) is 16.9. The van der Waals surface area contributed by atoms with E-state index in [4.69, 9.17) is 32.7 Å². The number of amides is 1. The molecule has 0 aliphatic carbocycles. The molecule has 0 saturated carbocycles. The second kappa shape index (κ2) is 7.91. The molecule has 0 bridgehead atoms. The third-order valence-electron chi connectivity index (χ3n) is 2.57. The van der Waals surface area contributed by atoms with Crippen molar-refractivity contribution < 1.29 is 23.8 Å². The number of methoxy groups -OCH3 is 2. The van der Waals surface area contributed by atoms with Crippen LogP contribution >= 0.6 is 23.2 Å². The molecule has 120 valence electrons. The molecule has 0 aliphatic heterocycles. The van der Waals surface area contributed by atoms with E-state index < -0.39 is 18.2 Å². The largest absolute Gasteiger partial charge is 0.495 e. The molecule has 1 unspecified atom stereocenters. The lowest BCUT2D eigenvalue weighted by Gasteiger charge is -2.16. The van der Waals surface area contributed by atoms with Crippen molar-refractivity contribution in [3.63, 3.8) is 0 Å². The number of ether oxygens (including phenoxy) is 3. The van der Waals surface area contributed by atoms with Crippen molar-refractivity contribution in [2.45, 2.75) is 13.0 Å². The highest BCUT2D eigenvalue weighted by Crippen LogP contribution is 2.34. The molecule has 1 amide bonds. The molecule has 0 spiro atoms. The van der Waals surface area contributed by atoms with Crippen LogP contribution in [0, 0.1) is 0 Å². The minimum atomic E-state index is -1.21. The van der Waals surface area contributed by atoms with Gasteiger partial charge in [0.2, 0.25) is 6.10 Å². The van der Waals surface area contributed by atoms with Crippen LogP contribution in [0.2, 0.25) is 10.0 Å². The number of nitrogens with one attached hydrogen (secondary N) is 1. The van der Waals surface area contributed by atoms with Crippen LogP contribution in [0.1, 0.15) is 6.92 Å². The fourth-order valence-electron chi connectivity index (χ4n) is 1.48. The summed E-state index contributed by atoms with van der Waals surface area (Å²) in [5.74, 6) is -0.409. The van der Waals surface area contributed by atoms with Crippen molar-refractivity contribution in [1.82, 2.24) is 0 Å². The van der Waals surface area contributed by atoms with Crippen LogP contribution in [0.5, 0.6) is 5.75 Å². The molecule has 1 rings (SSSR count). The Labute approximate surface area is 137 Å². The van der Waals surface area contributed by atoms with Gasteiger partial charge in [-0.15, -0.1) is 0 Å². The van der Waals surface area contributed by atoms with Gasteiger partial charge < -0.3 is 14.2 Å². The first-order valence-electron chi connectivity index (χ1n) is 6.04. The summed E-state index contributed by atoms with van der Waals surface area (Å²) < 4.78 is 14.5. The molecule has 0 aromatic heterocycles. The Morgan fingerprint density at radius 2 is 1.86 bits per heavy atom. The summed E-state index contributed by atoms with van der Waals surface area (Å²) in [5.41, 5.74) is 0.542. The van der Waals surface area contributed by atoms with E-state index in [1.54, 1.807) is 0 Å². The third-order valence-corrected chi connectivity index (χ3v) is 3.17. The van der Waals surface area contributed by atoms with Gasteiger partial charge in [-0.2, -0.15) is 0 Å². The maximum Gasteiger partial charge on any atom is 0.412 e. The fraction of sp³-hybridized carbons (Fsp3) is 0.286. The lowest BCUT2D eigenvalue weighted by Crippen LogP contribution is -2.31. The van der Waals surface area contributed by atoms with Gasteiger partial charge in [-0.25, -0.2) is 9.59 Å². The predicted molar refractivity (Wildman–Crippen MR) is 83.7 cm³/mol. The van der Waals surface area contributed by atoms with Crippen molar-refractivity contribution in [1.29, 1.82) is 0 Å². The molecule has 1 aromatic carbocycles. The van der Waals surface area contributed by atoms with Crippen LogP contribution in [0.25, 0.3) is 0 Å². The third kappa shape index (κ3) is 4.54. The molecule has 0 heterocycles. The molecule has 0 fully saturated rings. The van der Waals surface area contributed by atoms with Gasteiger partial charge in [0.25, 0.3) is 0 Å². The van der Waals surface area contributed by atoms with Gasteiger partial charge in [0, 0.05) is 6.07 Å². The number of esters is 1.